The van der Waals surface area contributed by atoms with Crippen molar-refractivity contribution in [3.05, 3.63) is 0 Å². The van der Waals surface area contributed by atoms with E-state index in [1.807, 2.05) is 18.8 Å². The van der Waals surface area contributed by atoms with Gasteiger partial charge in [-0.3, -0.25) is 4.79 Å². The fourth-order valence-electron chi connectivity index (χ4n) is 2.94. The molecule has 1 rings (SSSR count). The minimum Gasteiger partial charge on any atom is -0.468 e. The molecule has 0 bridgehead atoms. The number of esters is 1. The molecule has 0 amide bonds. The first-order valence-corrected chi connectivity index (χ1v) is 8.41. The Kier molecular flexibility index (Phi) is 6.67. The number of hydrogen-bond acceptors (Lipinski definition) is 4. The number of likely N-dealkylation sites (N-methyl/N-ethyl adjacent to an activating group) is 1. The number of hydrogen-bond donors (Lipinski definition) is 1. The third-order valence-corrected chi connectivity index (χ3v) is 6.14. The van der Waals surface area contributed by atoms with E-state index in [1.165, 1.54) is 7.11 Å². The molecule has 1 aliphatic carbocycles. The van der Waals surface area contributed by atoms with Gasteiger partial charge in [-0.25, -0.2) is 0 Å². The number of carbonyl (C=O) groups excluding carboxylic acids is 1. The molecule has 0 aromatic heterocycles. The van der Waals surface area contributed by atoms with Gasteiger partial charge >= 0.3 is 5.97 Å². The van der Waals surface area contributed by atoms with Crippen molar-refractivity contribution in [1.82, 2.24) is 5.32 Å². The molecule has 0 aliphatic heterocycles. The first-order chi connectivity index (χ1) is 8.97. The van der Waals surface area contributed by atoms with Crippen LogP contribution in [0.25, 0.3) is 0 Å². The van der Waals surface area contributed by atoms with Gasteiger partial charge < -0.3 is 10.1 Å². The smallest absolute Gasteiger partial charge is 0.326 e. The first kappa shape index (κ1) is 16.8. The van der Waals surface area contributed by atoms with Crippen LogP contribution < -0.4 is 5.32 Å². The average molecular weight is 287 g/mol. The van der Waals surface area contributed by atoms with Crippen LogP contribution in [0.5, 0.6) is 0 Å². The molecule has 112 valence electrons. The molecule has 3 unspecified atom stereocenters. The van der Waals surface area contributed by atoms with Gasteiger partial charge in [0.2, 0.25) is 0 Å². The van der Waals surface area contributed by atoms with E-state index in [4.69, 9.17) is 4.74 Å². The number of carbonyl (C=O) groups is 1. The lowest BCUT2D eigenvalue weighted by Gasteiger charge is -2.32. The van der Waals surface area contributed by atoms with Crippen LogP contribution in [0.1, 0.15) is 46.5 Å². The topological polar surface area (TPSA) is 38.3 Å². The number of thioether (sulfide) groups is 1. The molecule has 0 radical (unpaired) electrons. The van der Waals surface area contributed by atoms with Gasteiger partial charge in [0.25, 0.3) is 0 Å². The highest BCUT2D eigenvalue weighted by atomic mass is 32.2. The van der Waals surface area contributed by atoms with Crippen molar-refractivity contribution in [3.8, 4) is 0 Å². The maximum atomic E-state index is 12.1. The summed E-state index contributed by atoms with van der Waals surface area (Å²) in [6, 6.07) is 0. The van der Waals surface area contributed by atoms with Crippen molar-refractivity contribution in [2.24, 2.45) is 11.8 Å². The molecule has 1 saturated carbocycles. The predicted octanol–water partition coefficient (Wildman–Crippen LogP) is 3.09. The minimum atomic E-state index is -0.434. The standard InChI is InChI=1S/C15H29NO2S/c1-11(2)12(3)19-10-8-13-7-6-9-15(13,16-4)14(17)18-5/h11-13,16H,6-10H2,1-5H3. The van der Waals surface area contributed by atoms with Gasteiger partial charge in [-0.2, -0.15) is 11.8 Å². The molecular weight excluding hydrogens is 258 g/mol. The second-order valence-electron chi connectivity index (χ2n) is 5.91. The van der Waals surface area contributed by atoms with Crippen molar-refractivity contribution in [1.29, 1.82) is 0 Å². The SMILES string of the molecule is CNC1(C(=O)OC)CCCC1CCSC(C)C(C)C. The summed E-state index contributed by atoms with van der Waals surface area (Å²) in [5, 5.41) is 3.94. The Bertz CT molecular complexity index is 296. The van der Waals surface area contributed by atoms with Crippen LogP contribution in [-0.2, 0) is 9.53 Å². The molecule has 1 aliphatic rings. The highest BCUT2D eigenvalue weighted by Gasteiger charge is 2.48. The van der Waals surface area contributed by atoms with Crippen molar-refractivity contribution < 1.29 is 9.53 Å². The van der Waals surface area contributed by atoms with Crippen molar-refractivity contribution in [2.45, 2.75) is 57.2 Å². The predicted molar refractivity (Wildman–Crippen MR) is 82.5 cm³/mol. The van der Waals surface area contributed by atoms with E-state index in [0.717, 1.165) is 31.4 Å². The molecule has 3 nitrogen and oxygen atoms in total. The normalized spacial score (nSPS) is 28.6. The Morgan fingerprint density at radius 1 is 1.47 bits per heavy atom. The van der Waals surface area contributed by atoms with Gasteiger partial charge in [0.15, 0.2) is 0 Å². The van der Waals surface area contributed by atoms with Crippen LogP contribution in [0, 0.1) is 11.8 Å². The van der Waals surface area contributed by atoms with Gasteiger partial charge in [-0.15, -0.1) is 0 Å². The highest BCUT2D eigenvalue weighted by molar-refractivity contribution is 7.99. The fourth-order valence-corrected chi connectivity index (χ4v) is 4.12. The molecule has 3 atom stereocenters. The van der Waals surface area contributed by atoms with Crippen molar-refractivity contribution in [3.63, 3.8) is 0 Å². The summed E-state index contributed by atoms with van der Waals surface area (Å²) in [4.78, 5) is 12.1. The van der Waals surface area contributed by atoms with Crippen LogP contribution in [0.2, 0.25) is 0 Å². The Labute approximate surface area is 122 Å². The molecule has 1 N–H and O–H groups in total. The summed E-state index contributed by atoms with van der Waals surface area (Å²) in [5.41, 5.74) is -0.434. The minimum absolute atomic E-state index is 0.0839. The zero-order valence-corrected chi connectivity index (χ0v) is 13.8. The van der Waals surface area contributed by atoms with Crippen LogP contribution in [0.4, 0.5) is 0 Å². The van der Waals surface area contributed by atoms with E-state index in [2.05, 4.69) is 26.1 Å². The number of nitrogens with one attached hydrogen (secondary N) is 1. The van der Waals surface area contributed by atoms with E-state index in [-0.39, 0.29) is 5.97 Å². The Morgan fingerprint density at radius 3 is 2.68 bits per heavy atom. The molecule has 4 heteroatoms. The number of ether oxygens (including phenoxy) is 1. The maximum Gasteiger partial charge on any atom is 0.326 e. The maximum absolute atomic E-state index is 12.1. The fraction of sp³-hybridized carbons (Fsp3) is 0.933. The highest BCUT2D eigenvalue weighted by Crippen LogP contribution is 2.39. The molecule has 0 aromatic carbocycles. The van der Waals surface area contributed by atoms with Crippen molar-refractivity contribution >= 4 is 17.7 Å². The Hall–Kier alpha value is -0.220. The Balaban J connectivity index is 2.54. The summed E-state index contributed by atoms with van der Waals surface area (Å²) in [5.74, 6) is 2.17. The molecule has 19 heavy (non-hydrogen) atoms. The van der Waals surface area contributed by atoms with Gasteiger partial charge in [0, 0.05) is 5.25 Å². The molecule has 0 heterocycles. The summed E-state index contributed by atoms with van der Waals surface area (Å²) < 4.78 is 5.02. The van der Waals surface area contributed by atoms with Crippen LogP contribution in [0.15, 0.2) is 0 Å². The van der Waals surface area contributed by atoms with Gasteiger partial charge in [0.05, 0.1) is 7.11 Å². The lowest BCUT2D eigenvalue weighted by Crippen LogP contribution is -2.53. The molecule has 1 fully saturated rings. The first-order valence-electron chi connectivity index (χ1n) is 7.36. The second-order valence-corrected chi connectivity index (χ2v) is 7.40. The molecular formula is C15H29NO2S. The monoisotopic (exact) mass is 287 g/mol. The zero-order chi connectivity index (χ0) is 14.5. The molecule has 0 spiro atoms. The molecule has 0 saturated heterocycles. The van der Waals surface area contributed by atoms with E-state index < -0.39 is 5.54 Å². The van der Waals surface area contributed by atoms with Gasteiger partial charge in [-0.05, 0) is 43.9 Å². The van der Waals surface area contributed by atoms with Gasteiger partial charge in [0.1, 0.15) is 5.54 Å². The largest absolute Gasteiger partial charge is 0.468 e. The van der Waals surface area contributed by atoms with E-state index >= 15 is 0 Å². The van der Waals surface area contributed by atoms with Crippen LogP contribution in [0.3, 0.4) is 0 Å². The number of rotatable bonds is 7. The molecule has 0 aromatic rings. The summed E-state index contributed by atoms with van der Waals surface area (Å²) in [7, 11) is 3.38. The van der Waals surface area contributed by atoms with E-state index in [9.17, 15) is 4.79 Å². The lowest BCUT2D eigenvalue weighted by atomic mass is 9.85. The van der Waals surface area contributed by atoms with Crippen LogP contribution in [-0.4, -0.2) is 36.7 Å². The summed E-state index contributed by atoms with van der Waals surface area (Å²) in [6.07, 6.45) is 4.25. The van der Waals surface area contributed by atoms with E-state index in [1.54, 1.807) is 0 Å². The quantitative estimate of drug-likeness (QED) is 0.730. The lowest BCUT2D eigenvalue weighted by molar-refractivity contribution is -0.150. The third-order valence-electron chi connectivity index (χ3n) is 4.60. The van der Waals surface area contributed by atoms with Gasteiger partial charge in [-0.1, -0.05) is 27.2 Å². The third kappa shape index (κ3) is 3.88. The van der Waals surface area contributed by atoms with Crippen LogP contribution >= 0.6 is 11.8 Å². The zero-order valence-electron chi connectivity index (χ0n) is 13.0. The van der Waals surface area contributed by atoms with E-state index in [0.29, 0.717) is 17.1 Å². The Morgan fingerprint density at radius 2 is 2.16 bits per heavy atom. The average Bonchev–Trinajstić information content (AvgIpc) is 2.81. The summed E-state index contributed by atoms with van der Waals surface area (Å²) in [6.45, 7) is 6.81. The van der Waals surface area contributed by atoms with Crippen molar-refractivity contribution in [2.75, 3.05) is 19.9 Å². The second kappa shape index (κ2) is 7.53. The number of methoxy groups -OCH3 is 1. The summed E-state index contributed by atoms with van der Waals surface area (Å²) >= 11 is 2.02.